The largest absolute Gasteiger partial charge is 0.444 e. The number of ether oxygens (including phenoxy) is 1. The Morgan fingerprint density at radius 3 is 2.29 bits per heavy atom. The second kappa shape index (κ2) is 7.75. The molecule has 2 fully saturated rings. The number of hydrogen-bond donors (Lipinski definition) is 0. The summed E-state index contributed by atoms with van der Waals surface area (Å²) in [6.07, 6.45) is 4.60. The standard InChI is InChI=1S/C19H34N2O3/c1-14(2)15-8-6-11-20(13-10-15)17(22)16-9-7-12-21(16)18(23)24-19(3,4)5/h14-16H,6-13H2,1-5H3/t15-,16-/m1/s1. The summed E-state index contributed by atoms with van der Waals surface area (Å²) in [7, 11) is 0. The number of carbonyl (C=O) groups is 2. The topological polar surface area (TPSA) is 49.9 Å². The van der Waals surface area contributed by atoms with Gasteiger partial charge >= 0.3 is 6.09 Å². The maximum Gasteiger partial charge on any atom is 0.410 e. The van der Waals surface area contributed by atoms with E-state index in [0.717, 1.165) is 38.8 Å². The zero-order chi connectivity index (χ0) is 17.9. The van der Waals surface area contributed by atoms with Crippen LogP contribution in [-0.4, -0.2) is 53.1 Å². The second-order valence-electron chi connectivity index (χ2n) is 8.59. The van der Waals surface area contributed by atoms with Crippen LogP contribution in [0.3, 0.4) is 0 Å². The molecule has 2 atom stereocenters. The van der Waals surface area contributed by atoms with E-state index in [4.69, 9.17) is 4.74 Å². The minimum Gasteiger partial charge on any atom is -0.444 e. The predicted molar refractivity (Wildman–Crippen MR) is 94.7 cm³/mol. The summed E-state index contributed by atoms with van der Waals surface area (Å²) in [5.74, 6) is 1.49. The van der Waals surface area contributed by atoms with Crippen molar-refractivity contribution in [2.45, 2.75) is 78.4 Å². The highest BCUT2D eigenvalue weighted by molar-refractivity contribution is 5.86. The first kappa shape index (κ1) is 19.1. The number of amides is 2. The van der Waals surface area contributed by atoms with E-state index in [1.807, 2.05) is 25.7 Å². The molecule has 0 radical (unpaired) electrons. The van der Waals surface area contributed by atoms with Crippen LogP contribution >= 0.6 is 0 Å². The zero-order valence-electron chi connectivity index (χ0n) is 16.0. The summed E-state index contributed by atoms with van der Waals surface area (Å²) >= 11 is 0. The number of rotatable bonds is 2. The third-order valence-corrected chi connectivity index (χ3v) is 5.19. The molecule has 138 valence electrons. The van der Waals surface area contributed by atoms with Crippen LogP contribution in [-0.2, 0) is 9.53 Å². The lowest BCUT2D eigenvalue weighted by molar-refractivity contribution is -0.135. The van der Waals surface area contributed by atoms with Crippen LogP contribution in [0.2, 0.25) is 0 Å². The summed E-state index contributed by atoms with van der Waals surface area (Å²) < 4.78 is 5.48. The first-order valence-electron chi connectivity index (χ1n) is 9.47. The number of likely N-dealkylation sites (tertiary alicyclic amines) is 2. The zero-order valence-corrected chi connectivity index (χ0v) is 16.0. The van der Waals surface area contributed by atoms with Crippen molar-refractivity contribution in [3.63, 3.8) is 0 Å². The van der Waals surface area contributed by atoms with Crippen molar-refractivity contribution in [2.75, 3.05) is 19.6 Å². The molecule has 0 aliphatic carbocycles. The Morgan fingerprint density at radius 1 is 1.00 bits per heavy atom. The molecule has 2 aliphatic heterocycles. The van der Waals surface area contributed by atoms with Gasteiger partial charge in [0.05, 0.1) is 0 Å². The van der Waals surface area contributed by atoms with Gasteiger partial charge in [0.25, 0.3) is 0 Å². The van der Waals surface area contributed by atoms with E-state index < -0.39 is 5.60 Å². The van der Waals surface area contributed by atoms with Gasteiger partial charge in [-0.05, 0) is 64.7 Å². The SMILES string of the molecule is CC(C)[C@@H]1CCCN(C(=O)[C@H]2CCCN2C(=O)OC(C)(C)C)CC1. The number of nitrogens with zero attached hydrogens (tertiary/aromatic N) is 2. The Morgan fingerprint density at radius 2 is 1.67 bits per heavy atom. The summed E-state index contributed by atoms with van der Waals surface area (Å²) in [5, 5.41) is 0. The lowest BCUT2D eigenvalue weighted by Gasteiger charge is -2.31. The first-order valence-corrected chi connectivity index (χ1v) is 9.47. The Bertz CT molecular complexity index is 456. The van der Waals surface area contributed by atoms with Crippen LogP contribution < -0.4 is 0 Å². The van der Waals surface area contributed by atoms with Gasteiger partial charge in [-0.3, -0.25) is 9.69 Å². The van der Waals surface area contributed by atoms with Crippen molar-refractivity contribution < 1.29 is 14.3 Å². The molecule has 0 spiro atoms. The van der Waals surface area contributed by atoms with Gasteiger partial charge in [0, 0.05) is 19.6 Å². The molecule has 5 heteroatoms. The van der Waals surface area contributed by atoms with Crippen molar-refractivity contribution in [1.29, 1.82) is 0 Å². The smallest absolute Gasteiger partial charge is 0.410 e. The van der Waals surface area contributed by atoms with E-state index in [1.54, 1.807) is 4.90 Å². The molecule has 0 bridgehead atoms. The summed E-state index contributed by atoms with van der Waals surface area (Å²) in [6, 6.07) is -0.338. The molecule has 0 N–H and O–H groups in total. The first-order chi connectivity index (χ1) is 11.2. The van der Waals surface area contributed by atoms with E-state index in [1.165, 1.54) is 6.42 Å². The summed E-state index contributed by atoms with van der Waals surface area (Å²) in [4.78, 5) is 29.0. The van der Waals surface area contributed by atoms with E-state index in [9.17, 15) is 9.59 Å². The van der Waals surface area contributed by atoms with E-state index in [2.05, 4.69) is 13.8 Å². The van der Waals surface area contributed by atoms with Gasteiger partial charge < -0.3 is 9.64 Å². The molecule has 0 saturated carbocycles. The normalized spacial score (nSPS) is 25.8. The van der Waals surface area contributed by atoms with E-state index >= 15 is 0 Å². The fourth-order valence-corrected chi connectivity index (χ4v) is 3.78. The third-order valence-electron chi connectivity index (χ3n) is 5.19. The highest BCUT2D eigenvalue weighted by atomic mass is 16.6. The highest BCUT2D eigenvalue weighted by Gasteiger charge is 2.39. The molecule has 24 heavy (non-hydrogen) atoms. The van der Waals surface area contributed by atoms with E-state index in [-0.39, 0.29) is 18.0 Å². The van der Waals surface area contributed by atoms with Gasteiger partial charge in [0.2, 0.25) is 5.91 Å². The summed E-state index contributed by atoms with van der Waals surface area (Å²) in [5.41, 5.74) is -0.527. The van der Waals surface area contributed by atoms with Crippen molar-refractivity contribution in [3.05, 3.63) is 0 Å². The van der Waals surface area contributed by atoms with Crippen LogP contribution in [0.15, 0.2) is 0 Å². The molecule has 0 aromatic heterocycles. The van der Waals surface area contributed by atoms with Gasteiger partial charge in [-0.1, -0.05) is 13.8 Å². The molecule has 2 heterocycles. The van der Waals surface area contributed by atoms with Crippen LogP contribution in [0.4, 0.5) is 4.79 Å². The summed E-state index contributed by atoms with van der Waals surface area (Å²) in [6.45, 7) is 12.4. The van der Waals surface area contributed by atoms with Gasteiger partial charge in [0.15, 0.2) is 0 Å². The second-order valence-corrected chi connectivity index (χ2v) is 8.59. The quantitative estimate of drug-likeness (QED) is 0.772. The Kier molecular flexibility index (Phi) is 6.16. The number of carbonyl (C=O) groups excluding carboxylic acids is 2. The van der Waals surface area contributed by atoms with Crippen LogP contribution in [0.25, 0.3) is 0 Å². The lowest BCUT2D eigenvalue weighted by Crippen LogP contribution is -2.49. The fourth-order valence-electron chi connectivity index (χ4n) is 3.78. The number of hydrogen-bond acceptors (Lipinski definition) is 3. The van der Waals surface area contributed by atoms with Crippen molar-refractivity contribution in [3.8, 4) is 0 Å². The molecule has 0 aromatic rings. The highest BCUT2D eigenvalue weighted by Crippen LogP contribution is 2.27. The molecule has 0 aromatic carbocycles. The average molecular weight is 338 g/mol. The van der Waals surface area contributed by atoms with E-state index in [0.29, 0.717) is 18.4 Å². The van der Waals surface area contributed by atoms with Crippen molar-refractivity contribution in [1.82, 2.24) is 9.80 Å². The lowest BCUT2D eigenvalue weighted by atomic mass is 9.89. The van der Waals surface area contributed by atoms with Crippen molar-refractivity contribution >= 4 is 12.0 Å². The molecule has 2 rings (SSSR count). The average Bonchev–Trinajstić information content (AvgIpc) is 2.82. The maximum atomic E-state index is 13.0. The molecule has 2 amide bonds. The fraction of sp³-hybridized carbons (Fsp3) is 0.895. The van der Waals surface area contributed by atoms with Crippen molar-refractivity contribution in [2.24, 2.45) is 11.8 Å². The molecule has 2 saturated heterocycles. The van der Waals surface area contributed by atoms with Gasteiger partial charge in [-0.15, -0.1) is 0 Å². The Hall–Kier alpha value is -1.26. The predicted octanol–water partition coefficient (Wildman–Crippen LogP) is 3.67. The van der Waals surface area contributed by atoms with Gasteiger partial charge in [-0.25, -0.2) is 4.79 Å². The van der Waals surface area contributed by atoms with Crippen LogP contribution in [0, 0.1) is 11.8 Å². The minimum atomic E-state index is -0.527. The maximum absolute atomic E-state index is 13.0. The molecule has 2 aliphatic rings. The van der Waals surface area contributed by atoms with Crippen LogP contribution in [0.5, 0.6) is 0 Å². The van der Waals surface area contributed by atoms with Gasteiger partial charge in [0.1, 0.15) is 11.6 Å². The molecule has 0 unspecified atom stereocenters. The molecular weight excluding hydrogens is 304 g/mol. The molecule has 5 nitrogen and oxygen atoms in total. The molecular formula is C19H34N2O3. The van der Waals surface area contributed by atoms with Crippen LogP contribution in [0.1, 0.15) is 66.7 Å². The Labute approximate surface area is 146 Å². The minimum absolute atomic E-state index is 0.114. The monoisotopic (exact) mass is 338 g/mol. The van der Waals surface area contributed by atoms with Gasteiger partial charge in [-0.2, -0.15) is 0 Å². The third kappa shape index (κ3) is 4.87. The Balaban J connectivity index is 1.99.